The standard InChI is InChI=1S/C25H20F3N5O2/c1-29-23(34)16-4-2-15(3-5-16)20-14-31-32-11-10-17(12-21(20)32)24(35)33(19-7-8-19)22-9-6-18(13-30-22)25(26,27)28/h2-6,9-14,19H,7-8H2,1H3,(H,29,34). The molecule has 1 aliphatic rings. The summed E-state index contributed by atoms with van der Waals surface area (Å²) in [5, 5.41) is 6.92. The highest BCUT2D eigenvalue weighted by molar-refractivity contribution is 6.07. The summed E-state index contributed by atoms with van der Waals surface area (Å²) >= 11 is 0. The molecule has 7 nitrogen and oxygen atoms in total. The van der Waals surface area contributed by atoms with Gasteiger partial charge in [0, 0.05) is 42.2 Å². The van der Waals surface area contributed by atoms with Crippen LogP contribution >= 0.6 is 0 Å². The number of carbonyl (C=O) groups excluding carboxylic acids is 2. The summed E-state index contributed by atoms with van der Waals surface area (Å²) in [5.41, 5.74) is 2.30. The number of halogens is 3. The Morgan fingerprint density at radius 1 is 1.03 bits per heavy atom. The van der Waals surface area contributed by atoms with Crippen LogP contribution in [-0.4, -0.2) is 39.5 Å². The molecule has 0 unspecified atom stereocenters. The summed E-state index contributed by atoms with van der Waals surface area (Å²) in [5.74, 6) is -0.352. The molecule has 4 aromatic rings. The summed E-state index contributed by atoms with van der Waals surface area (Å²) in [4.78, 5) is 30.7. The van der Waals surface area contributed by atoms with Gasteiger partial charge in [-0.2, -0.15) is 18.3 Å². The van der Waals surface area contributed by atoms with Gasteiger partial charge >= 0.3 is 6.18 Å². The first-order chi connectivity index (χ1) is 16.8. The number of alkyl halides is 3. The van der Waals surface area contributed by atoms with E-state index in [-0.39, 0.29) is 23.7 Å². The first kappa shape index (κ1) is 22.6. The van der Waals surface area contributed by atoms with Crippen LogP contribution in [0.2, 0.25) is 0 Å². The maximum Gasteiger partial charge on any atom is 0.417 e. The van der Waals surface area contributed by atoms with E-state index in [9.17, 15) is 22.8 Å². The Labute approximate surface area is 198 Å². The number of hydrogen-bond donors (Lipinski definition) is 1. The summed E-state index contributed by atoms with van der Waals surface area (Å²) in [6.45, 7) is 0. The summed E-state index contributed by atoms with van der Waals surface area (Å²) in [6, 6.07) is 12.4. The van der Waals surface area contributed by atoms with Gasteiger partial charge in [0.1, 0.15) is 5.82 Å². The molecule has 0 saturated heterocycles. The van der Waals surface area contributed by atoms with Gasteiger partial charge in [-0.25, -0.2) is 9.50 Å². The third kappa shape index (κ3) is 4.34. The second-order valence-corrected chi connectivity index (χ2v) is 8.27. The average molecular weight is 479 g/mol. The highest BCUT2D eigenvalue weighted by Crippen LogP contribution is 2.35. The molecule has 1 aliphatic carbocycles. The Hall–Kier alpha value is -4.21. The number of nitrogens with one attached hydrogen (secondary N) is 1. The molecule has 1 aromatic carbocycles. The van der Waals surface area contributed by atoms with Crippen LogP contribution in [0, 0.1) is 0 Å². The smallest absolute Gasteiger partial charge is 0.355 e. The summed E-state index contributed by atoms with van der Waals surface area (Å²) in [6.07, 6.45) is 1.10. The van der Waals surface area contributed by atoms with Crippen molar-refractivity contribution in [3.8, 4) is 11.1 Å². The van der Waals surface area contributed by atoms with E-state index >= 15 is 0 Å². The van der Waals surface area contributed by atoms with Gasteiger partial charge in [-0.3, -0.25) is 14.5 Å². The lowest BCUT2D eigenvalue weighted by atomic mass is 10.0. The van der Waals surface area contributed by atoms with Crippen LogP contribution in [0.5, 0.6) is 0 Å². The van der Waals surface area contributed by atoms with Crippen molar-refractivity contribution in [1.29, 1.82) is 0 Å². The van der Waals surface area contributed by atoms with Crippen LogP contribution in [0.25, 0.3) is 16.6 Å². The van der Waals surface area contributed by atoms with E-state index < -0.39 is 11.7 Å². The quantitative estimate of drug-likeness (QED) is 0.454. The molecule has 2 amide bonds. The first-order valence-corrected chi connectivity index (χ1v) is 10.9. The van der Waals surface area contributed by atoms with Crippen molar-refractivity contribution >= 4 is 23.1 Å². The third-order valence-electron chi connectivity index (χ3n) is 5.91. The Balaban J connectivity index is 1.48. The first-order valence-electron chi connectivity index (χ1n) is 10.9. The van der Waals surface area contributed by atoms with Crippen LogP contribution in [0.3, 0.4) is 0 Å². The highest BCUT2D eigenvalue weighted by Gasteiger charge is 2.36. The monoisotopic (exact) mass is 479 g/mol. The molecule has 1 N–H and O–H groups in total. The van der Waals surface area contributed by atoms with Gasteiger partial charge in [0.2, 0.25) is 0 Å². The zero-order chi connectivity index (χ0) is 24.7. The fraction of sp³-hybridized carbons (Fsp3) is 0.200. The van der Waals surface area contributed by atoms with Gasteiger partial charge < -0.3 is 5.32 Å². The minimum absolute atomic E-state index is 0.107. The molecule has 3 heterocycles. The molecule has 10 heteroatoms. The molecule has 35 heavy (non-hydrogen) atoms. The Morgan fingerprint density at radius 3 is 2.37 bits per heavy atom. The maximum absolute atomic E-state index is 13.5. The Bertz CT molecular complexity index is 1410. The largest absolute Gasteiger partial charge is 0.417 e. The van der Waals surface area contributed by atoms with Gasteiger partial charge in [0.15, 0.2) is 0 Å². The van der Waals surface area contributed by atoms with Gasteiger partial charge in [-0.15, -0.1) is 0 Å². The molecule has 0 atom stereocenters. The van der Waals surface area contributed by atoms with Crippen LogP contribution < -0.4 is 10.2 Å². The average Bonchev–Trinajstić information content (AvgIpc) is 3.60. The molecule has 178 valence electrons. The van der Waals surface area contributed by atoms with E-state index in [1.807, 2.05) is 0 Å². The molecule has 1 saturated carbocycles. The lowest BCUT2D eigenvalue weighted by molar-refractivity contribution is -0.137. The highest BCUT2D eigenvalue weighted by atomic mass is 19.4. The molecule has 0 aliphatic heterocycles. The van der Waals surface area contributed by atoms with Crippen molar-refractivity contribution in [2.24, 2.45) is 0 Å². The Morgan fingerprint density at radius 2 is 1.77 bits per heavy atom. The van der Waals surface area contributed by atoms with E-state index in [0.717, 1.165) is 36.2 Å². The van der Waals surface area contributed by atoms with Crippen molar-refractivity contribution in [3.63, 3.8) is 0 Å². The third-order valence-corrected chi connectivity index (χ3v) is 5.91. The molecular weight excluding hydrogens is 459 g/mol. The molecular formula is C25H20F3N5O2. The van der Waals surface area contributed by atoms with Gasteiger partial charge in [-0.05, 0) is 54.8 Å². The zero-order valence-corrected chi connectivity index (χ0v) is 18.6. The second kappa shape index (κ2) is 8.53. The minimum atomic E-state index is -4.50. The molecule has 5 rings (SSSR count). The van der Waals surface area contributed by atoms with E-state index in [1.54, 1.807) is 60.4 Å². The topological polar surface area (TPSA) is 79.6 Å². The molecule has 0 radical (unpaired) electrons. The lowest BCUT2D eigenvalue weighted by Crippen LogP contribution is -2.34. The fourth-order valence-electron chi connectivity index (χ4n) is 3.91. The molecule has 3 aromatic heterocycles. The normalized spacial score (nSPS) is 13.6. The zero-order valence-electron chi connectivity index (χ0n) is 18.6. The van der Waals surface area contributed by atoms with E-state index in [0.29, 0.717) is 16.6 Å². The SMILES string of the molecule is CNC(=O)c1ccc(-c2cnn3ccc(C(=O)N(c4ccc(C(F)(F)F)cn4)C4CC4)cc23)cc1. The predicted octanol–water partition coefficient (Wildman–Crippen LogP) is 4.58. The van der Waals surface area contributed by atoms with Gasteiger partial charge in [-0.1, -0.05) is 12.1 Å². The van der Waals surface area contributed by atoms with Crippen molar-refractivity contribution in [1.82, 2.24) is 19.9 Å². The van der Waals surface area contributed by atoms with Gasteiger partial charge in [0.05, 0.1) is 17.3 Å². The molecule has 1 fully saturated rings. The van der Waals surface area contributed by atoms with Crippen LogP contribution in [0.15, 0.2) is 67.1 Å². The van der Waals surface area contributed by atoms with E-state index in [2.05, 4.69) is 15.4 Å². The van der Waals surface area contributed by atoms with Crippen molar-refractivity contribution in [2.45, 2.75) is 25.1 Å². The number of pyridine rings is 2. The number of amides is 2. The number of anilines is 1. The number of benzene rings is 1. The summed E-state index contributed by atoms with van der Waals surface area (Å²) in [7, 11) is 1.56. The van der Waals surface area contributed by atoms with Crippen molar-refractivity contribution in [2.75, 3.05) is 11.9 Å². The number of aromatic nitrogens is 3. The number of rotatable bonds is 5. The van der Waals surface area contributed by atoms with Crippen LogP contribution in [0.1, 0.15) is 39.1 Å². The number of hydrogen-bond acceptors (Lipinski definition) is 4. The maximum atomic E-state index is 13.5. The van der Waals surface area contributed by atoms with E-state index in [1.165, 1.54) is 11.0 Å². The fourth-order valence-corrected chi connectivity index (χ4v) is 3.91. The molecule has 0 spiro atoms. The van der Waals surface area contributed by atoms with Crippen molar-refractivity contribution < 1.29 is 22.8 Å². The predicted molar refractivity (Wildman–Crippen MR) is 123 cm³/mol. The Kier molecular flexibility index (Phi) is 5.50. The summed E-state index contributed by atoms with van der Waals surface area (Å²) < 4.78 is 40.5. The minimum Gasteiger partial charge on any atom is -0.355 e. The van der Waals surface area contributed by atoms with Crippen molar-refractivity contribution in [3.05, 3.63) is 83.8 Å². The number of carbonyl (C=O) groups is 2. The number of fused-ring (bicyclic) bond motifs is 1. The second-order valence-electron chi connectivity index (χ2n) is 8.27. The van der Waals surface area contributed by atoms with E-state index in [4.69, 9.17) is 0 Å². The van der Waals surface area contributed by atoms with Gasteiger partial charge in [0.25, 0.3) is 11.8 Å². The molecule has 0 bridgehead atoms. The number of nitrogens with zero attached hydrogens (tertiary/aromatic N) is 4. The lowest BCUT2D eigenvalue weighted by Gasteiger charge is -2.22. The van der Waals surface area contributed by atoms with Crippen LogP contribution in [-0.2, 0) is 6.18 Å². The van der Waals surface area contributed by atoms with Crippen LogP contribution in [0.4, 0.5) is 19.0 Å².